The fourth-order valence-electron chi connectivity index (χ4n) is 6.69. The third kappa shape index (κ3) is 2.08. The number of methoxy groups -OCH3 is 1. The van der Waals surface area contributed by atoms with Gasteiger partial charge in [-0.05, 0) is 44.6 Å². The number of aliphatic hydroxyl groups is 1. The van der Waals surface area contributed by atoms with E-state index in [4.69, 9.17) is 23.7 Å². The lowest BCUT2D eigenvalue weighted by molar-refractivity contribution is -0.277. The number of aromatic hydroxyl groups is 1. The average Bonchev–Trinajstić information content (AvgIpc) is 3.48. The number of carbonyl (C=O) groups excluding carboxylic acids is 1. The highest BCUT2D eigenvalue weighted by Crippen LogP contribution is 2.71. The molecule has 0 aromatic heterocycles. The van der Waals surface area contributed by atoms with E-state index < -0.39 is 29.4 Å². The van der Waals surface area contributed by atoms with Gasteiger partial charge in [-0.3, -0.25) is 4.79 Å². The van der Waals surface area contributed by atoms with Gasteiger partial charge in [-0.1, -0.05) is 0 Å². The summed E-state index contributed by atoms with van der Waals surface area (Å²) in [5.74, 6) is -2.36. The molecule has 3 fully saturated rings. The van der Waals surface area contributed by atoms with Crippen LogP contribution in [0.3, 0.4) is 0 Å². The Labute approximate surface area is 200 Å². The Hall–Kier alpha value is -2.04. The number of carbonyl (C=O) groups is 1. The van der Waals surface area contributed by atoms with Crippen LogP contribution in [-0.2, 0) is 20.6 Å². The van der Waals surface area contributed by atoms with Crippen LogP contribution in [0.2, 0.25) is 0 Å². The van der Waals surface area contributed by atoms with Gasteiger partial charge < -0.3 is 33.9 Å². The zero-order chi connectivity index (χ0) is 23.8. The first-order valence-corrected chi connectivity index (χ1v) is 12.9. The summed E-state index contributed by atoms with van der Waals surface area (Å²) >= 11 is 1.57. The van der Waals surface area contributed by atoms with E-state index in [-0.39, 0.29) is 29.0 Å². The van der Waals surface area contributed by atoms with Gasteiger partial charge in [0.1, 0.15) is 23.4 Å². The number of hydrogen-bond donors (Lipinski definition) is 2. The monoisotopic (exact) mass is 486 g/mol. The molecule has 8 nitrogen and oxygen atoms in total. The SMILES string of the molecule is COc1c2c(c(O)c3c4c(c(C)cc13)[C@H]1OC3(C(C)SC)OC1C(O)(O4)C31CO1)C(=O)CCC2. The maximum atomic E-state index is 12.9. The summed E-state index contributed by atoms with van der Waals surface area (Å²) in [6.45, 7) is 4.17. The second-order valence-corrected chi connectivity index (χ2v) is 11.1. The van der Waals surface area contributed by atoms with E-state index in [9.17, 15) is 15.0 Å². The Kier molecular flexibility index (Phi) is 3.99. The third-order valence-electron chi connectivity index (χ3n) is 8.40. The van der Waals surface area contributed by atoms with E-state index in [1.54, 1.807) is 18.9 Å². The first kappa shape index (κ1) is 21.3. The van der Waals surface area contributed by atoms with E-state index >= 15 is 0 Å². The van der Waals surface area contributed by atoms with Gasteiger partial charge in [0.15, 0.2) is 11.9 Å². The number of rotatable bonds is 3. The summed E-state index contributed by atoms with van der Waals surface area (Å²) in [6.07, 6.45) is 2.28. The molecule has 1 aliphatic carbocycles. The molecule has 2 bridgehead atoms. The molecule has 2 aromatic carbocycles. The number of hydrogen-bond acceptors (Lipinski definition) is 9. The molecule has 2 N–H and O–H groups in total. The number of thioether (sulfide) groups is 1. The van der Waals surface area contributed by atoms with Crippen molar-refractivity contribution in [3.05, 3.63) is 28.3 Å². The van der Waals surface area contributed by atoms with E-state index in [2.05, 4.69) is 0 Å². The fourth-order valence-corrected chi connectivity index (χ4v) is 7.30. The highest BCUT2D eigenvalue weighted by molar-refractivity contribution is 7.99. The third-order valence-corrected chi connectivity index (χ3v) is 9.42. The first-order chi connectivity index (χ1) is 16.2. The van der Waals surface area contributed by atoms with Crippen LogP contribution >= 0.6 is 11.8 Å². The number of fused-ring (bicyclic) bond motifs is 8. The molecule has 1 spiro atoms. The average molecular weight is 487 g/mol. The Morgan fingerprint density at radius 3 is 2.74 bits per heavy atom. The summed E-state index contributed by atoms with van der Waals surface area (Å²) in [6, 6.07) is 1.93. The number of epoxide rings is 1. The van der Waals surface area contributed by atoms with Crippen molar-refractivity contribution in [1.29, 1.82) is 0 Å². The quantitative estimate of drug-likeness (QED) is 0.633. The van der Waals surface area contributed by atoms with Crippen molar-refractivity contribution in [1.82, 2.24) is 0 Å². The van der Waals surface area contributed by atoms with Crippen molar-refractivity contribution in [3.8, 4) is 17.2 Å². The standard InChI is InChI=1S/C25H26O8S/c1-10-8-13-17(18(27)16-12(19(13)29-3)6-5-7-14(16)26)20-15(10)21-22-24(28,31-20)23(9-30-23)25(32-21,33-22)11(2)34-4/h8,11,21-22,27-28H,5-7,9H2,1-4H3/t11?,21-,22?,23?,24?,25?/m1/s1. The molecule has 0 saturated carbocycles. The van der Waals surface area contributed by atoms with Gasteiger partial charge in [-0.25, -0.2) is 0 Å². The van der Waals surface area contributed by atoms with Crippen molar-refractivity contribution in [3.63, 3.8) is 0 Å². The molecular weight excluding hydrogens is 460 g/mol. The molecule has 4 aliphatic heterocycles. The van der Waals surface area contributed by atoms with Gasteiger partial charge in [0.25, 0.3) is 5.79 Å². The van der Waals surface area contributed by atoms with Crippen molar-refractivity contribution in [2.24, 2.45) is 0 Å². The van der Waals surface area contributed by atoms with Crippen molar-refractivity contribution >= 4 is 28.3 Å². The second-order valence-electron chi connectivity index (χ2n) is 9.91. The molecule has 4 heterocycles. The normalized spacial score (nSPS) is 37.5. The first-order valence-electron chi connectivity index (χ1n) is 11.6. The molecule has 0 amide bonds. The maximum Gasteiger partial charge on any atom is 0.274 e. The Bertz CT molecular complexity index is 1300. The van der Waals surface area contributed by atoms with Crippen molar-refractivity contribution in [2.45, 2.75) is 67.7 Å². The largest absolute Gasteiger partial charge is 0.506 e. The molecule has 5 unspecified atom stereocenters. The molecule has 2 aromatic rings. The second kappa shape index (κ2) is 6.39. The molecular formula is C25H26O8S. The molecule has 7 rings (SSSR count). The number of ether oxygens (including phenoxy) is 5. The summed E-state index contributed by atoms with van der Waals surface area (Å²) in [7, 11) is 1.56. The zero-order valence-electron chi connectivity index (χ0n) is 19.4. The number of ketones is 1. The molecule has 9 heteroatoms. The number of aryl methyl sites for hydroxylation is 1. The summed E-state index contributed by atoms with van der Waals surface area (Å²) in [5.41, 5.74) is 1.39. The van der Waals surface area contributed by atoms with Crippen molar-refractivity contribution < 1.29 is 38.7 Å². The smallest absolute Gasteiger partial charge is 0.274 e. The molecule has 180 valence electrons. The van der Waals surface area contributed by atoms with Crippen LogP contribution in [0.15, 0.2) is 6.07 Å². The van der Waals surface area contributed by atoms with E-state index in [1.165, 1.54) is 0 Å². The molecule has 3 saturated heterocycles. The number of phenols is 1. The molecule has 34 heavy (non-hydrogen) atoms. The predicted octanol–water partition coefficient (Wildman–Crippen LogP) is 3.15. The van der Waals surface area contributed by atoms with Crippen LogP contribution in [0.5, 0.6) is 17.2 Å². The van der Waals surface area contributed by atoms with E-state index in [0.29, 0.717) is 47.1 Å². The van der Waals surface area contributed by atoms with Crippen LogP contribution in [0.25, 0.3) is 10.8 Å². The van der Waals surface area contributed by atoms with Gasteiger partial charge in [0.2, 0.25) is 11.4 Å². The molecule has 6 atom stereocenters. The Morgan fingerprint density at radius 1 is 1.29 bits per heavy atom. The number of phenolic OH excluding ortho intramolecular Hbond substituents is 1. The molecule has 5 aliphatic rings. The highest BCUT2D eigenvalue weighted by Gasteiger charge is 2.91. The summed E-state index contributed by atoms with van der Waals surface area (Å²) < 4.78 is 31.1. The topological polar surface area (TPSA) is 107 Å². The maximum absolute atomic E-state index is 12.9. The molecule has 0 radical (unpaired) electrons. The highest BCUT2D eigenvalue weighted by atomic mass is 32.2. The van der Waals surface area contributed by atoms with Gasteiger partial charge >= 0.3 is 0 Å². The minimum atomic E-state index is -1.80. The lowest BCUT2D eigenvalue weighted by Gasteiger charge is -2.47. The minimum Gasteiger partial charge on any atom is -0.506 e. The minimum absolute atomic E-state index is 0.124. The summed E-state index contributed by atoms with van der Waals surface area (Å²) in [4.78, 5) is 12.9. The zero-order valence-corrected chi connectivity index (χ0v) is 20.2. The van der Waals surface area contributed by atoms with Crippen LogP contribution in [0, 0.1) is 6.92 Å². The van der Waals surface area contributed by atoms with Crippen LogP contribution in [0.4, 0.5) is 0 Å². The number of Topliss-reactive ketones (excluding diaryl/α,β-unsaturated/α-hetero) is 1. The van der Waals surface area contributed by atoms with Gasteiger partial charge in [0, 0.05) is 22.9 Å². The fraction of sp³-hybridized carbons (Fsp3) is 0.560. The summed E-state index contributed by atoms with van der Waals surface area (Å²) in [5, 5.41) is 24.3. The van der Waals surface area contributed by atoms with Crippen LogP contribution in [0.1, 0.15) is 52.9 Å². The van der Waals surface area contributed by atoms with Crippen LogP contribution in [-0.4, -0.2) is 64.5 Å². The van der Waals surface area contributed by atoms with Gasteiger partial charge in [-0.15, -0.1) is 0 Å². The van der Waals surface area contributed by atoms with E-state index in [1.807, 2.05) is 26.2 Å². The Balaban J connectivity index is 1.54. The van der Waals surface area contributed by atoms with Crippen molar-refractivity contribution in [2.75, 3.05) is 20.0 Å². The number of benzene rings is 2. The lowest BCUT2D eigenvalue weighted by Crippen LogP contribution is -2.68. The van der Waals surface area contributed by atoms with Gasteiger partial charge in [-0.2, -0.15) is 11.8 Å². The Morgan fingerprint density at radius 2 is 2.06 bits per heavy atom. The van der Waals surface area contributed by atoms with Gasteiger partial charge in [0.05, 0.1) is 29.9 Å². The van der Waals surface area contributed by atoms with E-state index in [0.717, 1.165) is 11.1 Å². The van der Waals surface area contributed by atoms with Crippen LogP contribution < -0.4 is 9.47 Å². The predicted molar refractivity (Wildman–Crippen MR) is 123 cm³/mol. The lowest BCUT2D eigenvalue weighted by atomic mass is 9.78.